The van der Waals surface area contributed by atoms with Gasteiger partial charge in [-0.1, -0.05) is 19.1 Å². The number of likely N-dealkylation sites (tertiary alicyclic amines) is 2. The van der Waals surface area contributed by atoms with Gasteiger partial charge in [0.25, 0.3) is 5.91 Å². The predicted octanol–water partition coefficient (Wildman–Crippen LogP) is 2.74. The highest BCUT2D eigenvalue weighted by molar-refractivity contribution is 5.94. The van der Waals surface area contributed by atoms with E-state index >= 15 is 0 Å². The predicted molar refractivity (Wildman–Crippen MR) is 98.1 cm³/mol. The van der Waals surface area contributed by atoms with Crippen LogP contribution in [0.15, 0.2) is 24.3 Å². The van der Waals surface area contributed by atoms with E-state index in [1.54, 1.807) is 0 Å². The molecule has 0 spiro atoms. The number of carbonyl (C=O) groups is 1. The van der Waals surface area contributed by atoms with E-state index in [4.69, 9.17) is 0 Å². The van der Waals surface area contributed by atoms with Gasteiger partial charge in [0.05, 0.1) is 0 Å². The molecular weight excluding hydrogens is 298 g/mol. The summed E-state index contributed by atoms with van der Waals surface area (Å²) in [5.74, 6) is 0.876. The second-order valence-electron chi connectivity index (χ2n) is 7.73. The van der Waals surface area contributed by atoms with Gasteiger partial charge in [-0.2, -0.15) is 0 Å². The van der Waals surface area contributed by atoms with Crippen LogP contribution in [-0.4, -0.2) is 55.0 Å². The van der Waals surface area contributed by atoms with Crippen LogP contribution in [0.2, 0.25) is 0 Å². The Bertz CT molecular complexity index is 534. The zero-order chi connectivity index (χ0) is 16.9. The SMILES string of the molecule is CC1CCCN(Cc2ccc(C(=O)NC3CCN(C)CC3)cc2)C1. The van der Waals surface area contributed by atoms with Crippen LogP contribution < -0.4 is 5.32 Å². The molecule has 24 heavy (non-hydrogen) atoms. The van der Waals surface area contributed by atoms with Crippen molar-refractivity contribution in [1.82, 2.24) is 15.1 Å². The van der Waals surface area contributed by atoms with Crippen LogP contribution in [0.25, 0.3) is 0 Å². The molecule has 2 heterocycles. The van der Waals surface area contributed by atoms with Crippen LogP contribution in [0.3, 0.4) is 0 Å². The molecule has 2 fully saturated rings. The molecule has 1 unspecified atom stereocenters. The number of amides is 1. The van der Waals surface area contributed by atoms with Crippen molar-refractivity contribution < 1.29 is 4.79 Å². The zero-order valence-electron chi connectivity index (χ0n) is 15.1. The van der Waals surface area contributed by atoms with Crippen molar-refractivity contribution in [3.63, 3.8) is 0 Å². The van der Waals surface area contributed by atoms with E-state index < -0.39 is 0 Å². The molecule has 0 radical (unpaired) electrons. The van der Waals surface area contributed by atoms with E-state index in [1.807, 2.05) is 12.1 Å². The first-order valence-corrected chi connectivity index (χ1v) is 9.41. The lowest BCUT2D eigenvalue weighted by Gasteiger charge is -2.31. The summed E-state index contributed by atoms with van der Waals surface area (Å²) in [6.45, 7) is 7.86. The maximum absolute atomic E-state index is 12.4. The summed E-state index contributed by atoms with van der Waals surface area (Å²) < 4.78 is 0. The molecule has 1 amide bonds. The third kappa shape index (κ3) is 4.81. The molecular formula is C20H31N3O. The van der Waals surface area contributed by atoms with Crippen molar-refractivity contribution in [2.24, 2.45) is 5.92 Å². The Hall–Kier alpha value is -1.39. The molecule has 4 heteroatoms. The molecule has 0 aliphatic carbocycles. The lowest BCUT2D eigenvalue weighted by Crippen LogP contribution is -2.43. The van der Waals surface area contributed by atoms with Crippen LogP contribution in [0, 0.1) is 5.92 Å². The number of nitrogens with one attached hydrogen (secondary N) is 1. The van der Waals surface area contributed by atoms with Gasteiger partial charge >= 0.3 is 0 Å². The van der Waals surface area contributed by atoms with Crippen molar-refractivity contribution in [3.8, 4) is 0 Å². The number of benzene rings is 1. The highest BCUT2D eigenvalue weighted by Crippen LogP contribution is 2.18. The molecule has 2 saturated heterocycles. The Morgan fingerprint density at radius 1 is 1.12 bits per heavy atom. The molecule has 3 rings (SSSR count). The number of rotatable bonds is 4. The van der Waals surface area contributed by atoms with Crippen LogP contribution in [0.4, 0.5) is 0 Å². The smallest absolute Gasteiger partial charge is 0.251 e. The summed E-state index contributed by atoms with van der Waals surface area (Å²) in [4.78, 5) is 17.3. The molecule has 1 aromatic carbocycles. The molecule has 1 atom stereocenters. The van der Waals surface area contributed by atoms with Gasteiger partial charge in [0.2, 0.25) is 0 Å². The average Bonchev–Trinajstić information content (AvgIpc) is 2.57. The maximum Gasteiger partial charge on any atom is 0.251 e. The normalized spacial score (nSPS) is 24.0. The number of carbonyl (C=O) groups excluding carboxylic acids is 1. The van der Waals surface area contributed by atoms with Gasteiger partial charge in [-0.25, -0.2) is 0 Å². The summed E-state index contributed by atoms with van der Waals surface area (Å²) >= 11 is 0. The van der Waals surface area contributed by atoms with Gasteiger partial charge in [-0.3, -0.25) is 9.69 Å². The standard InChI is InChI=1S/C20H31N3O/c1-16-4-3-11-23(14-16)15-17-5-7-18(8-6-17)20(24)21-19-9-12-22(2)13-10-19/h5-8,16,19H,3-4,9-15H2,1-2H3,(H,21,24). The first-order chi connectivity index (χ1) is 11.6. The maximum atomic E-state index is 12.4. The van der Waals surface area contributed by atoms with E-state index in [0.29, 0.717) is 6.04 Å². The van der Waals surface area contributed by atoms with Crippen LogP contribution in [0.5, 0.6) is 0 Å². The van der Waals surface area contributed by atoms with Crippen molar-refractivity contribution in [1.29, 1.82) is 0 Å². The third-order valence-corrected chi connectivity index (χ3v) is 5.42. The second-order valence-corrected chi connectivity index (χ2v) is 7.73. The Morgan fingerprint density at radius 3 is 2.50 bits per heavy atom. The van der Waals surface area contributed by atoms with Crippen LogP contribution >= 0.6 is 0 Å². The quantitative estimate of drug-likeness (QED) is 0.922. The molecule has 132 valence electrons. The number of nitrogens with zero attached hydrogens (tertiary/aromatic N) is 2. The number of piperidine rings is 2. The molecule has 2 aliphatic rings. The molecule has 4 nitrogen and oxygen atoms in total. The lowest BCUT2D eigenvalue weighted by molar-refractivity contribution is 0.0917. The fourth-order valence-corrected chi connectivity index (χ4v) is 3.87. The second kappa shape index (κ2) is 8.13. The van der Waals surface area contributed by atoms with E-state index in [-0.39, 0.29) is 5.91 Å². The van der Waals surface area contributed by atoms with E-state index in [9.17, 15) is 4.79 Å². The molecule has 1 aromatic rings. The van der Waals surface area contributed by atoms with Gasteiger partial charge < -0.3 is 10.2 Å². The highest BCUT2D eigenvalue weighted by atomic mass is 16.1. The summed E-state index contributed by atoms with van der Waals surface area (Å²) in [5, 5.41) is 3.19. The van der Waals surface area contributed by atoms with Crippen molar-refractivity contribution >= 4 is 5.91 Å². The Kier molecular flexibility index (Phi) is 5.90. The van der Waals surface area contributed by atoms with Gasteiger partial charge in [-0.15, -0.1) is 0 Å². The number of hydrogen-bond acceptors (Lipinski definition) is 3. The summed E-state index contributed by atoms with van der Waals surface area (Å²) in [6.07, 6.45) is 4.76. The molecule has 2 aliphatic heterocycles. The monoisotopic (exact) mass is 329 g/mol. The molecule has 0 bridgehead atoms. The minimum Gasteiger partial charge on any atom is -0.349 e. The lowest BCUT2D eigenvalue weighted by atomic mass is 9.99. The minimum absolute atomic E-state index is 0.0719. The van der Waals surface area contributed by atoms with Crippen molar-refractivity contribution in [2.45, 2.75) is 45.2 Å². The fraction of sp³-hybridized carbons (Fsp3) is 0.650. The van der Waals surface area contributed by atoms with Crippen molar-refractivity contribution in [2.75, 3.05) is 33.2 Å². The van der Waals surface area contributed by atoms with Crippen LogP contribution in [0.1, 0.15) is 48.5 Å². The Balaban J connectivity index is 1.51. The first kappa shape index (κ1) is 17.4. The molecule has 1 N–H and O–H groups in total. The average molecular weight is 329 g/mol. The highest BCUT2D eigenvalue weighted by Gasteiger charge is 2.19. The van der Waals surface area contributed by atoms with Crippen molar-refractivity contribution in [3.05, 3.63) is 35.4 Å². The summed E-state index contributed by atoms with van der Waals surface area (Å²) in [6, 6.07) is 8.51. The van der Waals surface area contributed by atoms with Gasteiger partial charge in [0.15, 0.2) is 0 Å². The van der Waals surface area contributed by atoms with Crippen LogP contribution in [-0.2, 0) is 6.54 Å². The minimum atomic E-state index is 0.0719. The third-order valence-electron chi connectivity index (χ3n) is 5.42. The zero-order valence-corrected chi connectivity index (χ0v) is 15.1. The van der Waals surface area contributed by atoms with E-state index in [1.165, 1.54) is 31.5 Å². The summed E-state index contributed by atoms with van der Waals surface area (Å²) in [7, 11) is 2.14. The van der Waals surface area contributed by atoms with Gasteiger partial charge in [-0.05, 0) is 76.0 Å². The summed E-state index contributed by atoms with van der Waals surface area (Å²) in [5.41, 5.74) is 2.09. The Labute approximate surface area is 146 Å². The largest absolute Gasteiger partial charge is 0.349 e. The fourth-order valence-electron chi connectivity index (χ4n) is 3.87. The topological polar surface area (TPSA) is 35.6 Å². The Morgan fingerprint density at radius 2 is 1.83 bits per heavy atom. The first-order valence-electron chi connectivity index (χ1n) is 9.41. The molecule has 0 aromatic heterocycles. The number of hydrogen-bond donors (Lipinski definition) is 1. The molecule has 0 saturated carbocycles. The van der Waals surface area contributed by atoms with Gasteiger partial charge in [0.1, 0.15) is 0 Å². The van der Waals surface area contributed by atoms with E-state index in [2.05, 4.69) is 41.2 Å². The van der Waals surface area contributed by atoms with Gasteiger partial charge in [0, 0.05) is 24.7 Å². The van der Waals surface area contributed by atoms with E-state index in [0.717, 1.165) is 44.0 Å².